The minimum Gasteiger partial charge on any atom is -0.465 e. The third kappa shape index (κ3) is 3.08. The fraction of sp³-hybridized carbons (Fsp3) is 0.889. The van der Waals surface area contributed by atoms with Gasteiger partial charge in [0.05, 0.1) is 25.3 Å². The summed E-state index contributed by atoms with van der Waals surface area (Å²) in [6.07, 6.45) is 3.51. The first-order valence-electron chi connectivity index (χ1n) is 9.75. The molecule has 4 aliphatic rings. The summed E-state index contributed by atoms with van der Waals surface area (Å²) >= 11 is 0. The highest BCUT2D eigenvalue weighted by molar-refractivity contribution is 5.86. The lowest BCUT2D eigenvalue weighted by Crippen LogP contribution is -2.61. The van der Waals surface area contributed by atoms with Gasteiger partial charge in [0.15, 0.2) is 6.23 Å². The largest absolute Gasteiger partial charge is 0.465 e. The van der Waals surface area contributed by atoms with Gasteiger partial charge < -0.3 is 24.7 Å². The number of likely N-dealkylation sites (tertiary alicyclic amines) is 1. The van der Waals surface area contributed by atoms with Gasteiger partial charge in [0, 0.05) is 6.54 Å². The molecule has 2 amide bonds. The number of aliphatic hydroxyl groups excluding tert-OH is 1. The van der Waals surface area contributed by atoms with E-state index in [1.54, 1.807) is 11.8 Å². The number of amides is 2. The van der Waals surface area contributed by atoms with E-state index in [4.69, 9.17) is 4.74 Å². The van der Waals surface area contributed by atoms with Crippen LogP contribution in [0.1, 0.15) is 39.0 Å². The lowest BCUT2D eigenvalue weighted by Gasteiger charge is -2.41. The predicted octanol–water partition coefficient (Wildman–Crippen LogP) is 0.549. The minimum atomic E-state index is -1.07. The van der Waals surface area contributed by atoms with Crippen LogP contribution in [-0.4, -0.2) is 94.1 Å². The van der Waals surface area contributed by atoms with Crippen molar-refractivity contribution < 1.29 is 24.5 Å². The molecule has 1 aliphatic carbocycles. The van der Waals surface area contributed by atoms with Crippen molar-refractivity contribution in [1.29, 1.82) is 0 Å². The first-order chi connectivity index (χ1) is 12.4. The predicted molar refractivity (Wildman–Crippen MR) is 92.5 cm³/mol. The summed E-state index contributed by atoms with van der Waals surface area (Å²) in [6, 6.07) is -0.629. The number of hydrogen-bond acceptors (Lipinski definition) is 5. The quantitative estimate of drug-likeness (QED) is 0.754. The maximum Gasteiger partial charge on any atom is 0.408 e. The van der Waals surface area contributed by atoms with Gasteiger partial charge in [-0.05, 0) is 57.5 Å². The summed E-state index contributed by atoms with van der Waals surface area (Å²) in [4.78, 5) is 29.1. The molecular weight excluding hydrogens is 338 g/mol. The number of nitrogens with zero attached hydrogens (tertiary/aromatic N) is 3. The maximum atomic E-state index is 12.6. The summed E-state index contributed by atoms with van der Waals surface area (Å²) in [6.45, 7) is 5.07. The van der Waals surface area contributed by atoms with Crippen LogP contribution < -0.4 is 0 Å². The Balaban J connectivity index is 1.27. The van der Waals surface area contributed by atoms with Crippen LogP contribution in [0.4, 0.5) is 4.79 Å². The Morgan fingerprint density at radius 3 is 2.73 bits per heavy atom. The normalized spacial score (nSPS) is 36.5. The van der Waals surface area contributed by atoms with Gasteiger partial charge in [-0.3, -0.25) is 9.69 Å². The molecule has 8 nitrogen and oxygen atoms in total. The highest BCUT2D eigenvalue weighted by Crippen LogP contribution is 2.53. The molecule has 0 bridgehead atoms. The van der Waals surface area contributed by atoms with Crippen LogP contribution in [0.15, 0.2) is 0 Å². The number of piperazine rings is 1. The molecule has 26 heavy (non-hydrogen) atoms. The zero-order valence-electron chi connectivity index (χ0n) is 15.3. The number of rotatable bonds is 4. The van der Waals surface area contributed by atoms with Crippen LogP contribution in [-0.2, 0) is 9.53 Å². The number of aliphatic hydroxyl groups is 1. The summed E-state index contributed by atoms with van der Waals surface area (Å²) in [5, 5.41) is 19.5. The first kappa shape index (κ1) is 18.0. The van der Waals surface area contributed by atoms with Crippen molar-refractivity contribution in [3.63, 3.8) is 0 Å². The van der Waals surface area contributed by atoms with E-state index >= 15 is 0 Å². The van der Waals surface area contributed by atoms with Gasteiger partial charge in [-0.25, -0.2) is 4.79 Å². The van der Waals surface area contributed by atoms with E-state index in [1.165, 1.54) is 12.8 Å². The van der Waals surface area contributed by atoms with Crippen molar-refractivity contribution >= 4 is 12.0 Å². The van der Waals surface area contributed by atoms with Crippen molar-refractivity contribution in [3.05, 3.63) is 0 Å². The average Bonchev–Trinajstić information content (AvgIpc) is 3.27. The lowest BCUT2D eigenvalue weighted by molar-refractivity contribution is -0.151. The highest BCUT2D eigenvalue weighted by Gasteiger charge is 2.51. The molecule has 2 N–H and O–H groups in total. The summed E-state index contributed by atoms with van der Waals surface area (Å²) in [5.41, 5.74) is 0.232. The molecule has 3 heterocycles. The second-order valence-corrected chi connectivity index (χ2v) is 8.37. The standard InChI is InChI=1S/C18H29N3O5/c1-12-16(23)21-13(11-26-15(21)10-20(12)17(24)25)3-2-7-19-8-6-18(4-5-18)14(22)9-19/h12-15,22H,2-11H2,1H3,(H,24,25)/t12-,13-,14+,15-/m0/s1. The number of carbonyl (C=O) groups is 2. The van der Waals surface area contributed by atoms with E-state index in [0.29, 0.717) is 6.61 Å². The Morgan fingerprint density at radius 2 is 2.08 bits per heavy atom. The summed E-state index contributed by atoms with van der Waals surface area (Å²) in [7, 11) is 0. The second kappa shape index (κ2) is 6.65. The third-order valence-corrected chi connectivity index (χ3v) is 6.83. The Hall–Kier alpha value is -1.38. The van der Waals surface area contributed by atoms with Gasteiger partial charge in [0.2, 0.25) is 5.91 Å². The van der Waals surface area contributed by atoms with Crippen molar-refractivity contribution in [3.8, 4) is 0 Å². The molecule has 0 aromatic carbocycles. The van der Waals surface area contributed by atoms with Gasteiger partial charge in [0.25, 0.3) is 0 Å². The SMILES string of the molecule is C[C@H]1C(=O)N2[C@@H](CCCN3CCC4(CC4)[C@H](O)C3)CO[C@H]2CN1C(=O)O. The number of hydrogen-bond donors (Lipinski definition) is 2. The molecule has 8 heteroatoms. The van der Waals surface area contributed by atoms with Gasteiger partial charge >= 0.3 is 6.09 Å². The van der Waals surface area contributed by atoms with Crippen molar-refractivity contribution in [2.45, 2.75) is 63.4 Å². The van der Waals surface area contributed by atoms with Gasteiger partial charge in [-0.15, -0.1) is 0 Å². The smallest absolute Gasteiger partial charge is 0.408 e. The topological polar surface area (TPSA) is 93.6 Å². The molecule has 0 radical (unpaired) electrons. The van der Waals surface area contributed by atoms with Crippen LogP contribution in [0, 0.1) is 5.41 Å². The number of carboxylic acid groups (broad SMARTS) is 1. The molecule has 0 unspecified atom stereocenters. The maximum absolute atomic E-state index is 12.6. The molecule has 146 valence electrons. The lowest BCUT2D eigenvalue weighted by atomic mass is 9.90. The number of fused-ring (bicyclic) bond motifs is 1. The monoisotopic (exact) mass is 367 g/mol. The second-order valence-electron chi connectivity index (χ2n) is 8.37. The zero-order chi connectivity index (χ0) is 18.5. The van der Waals surface area contributed by atoms with E-state index in [9.17, 15) is 19.8 Å². The number of ether oxygens (including phenoxy) is 1. The Morgan fingerprint density at radius 1 is 1.31 bits per heavy atom. The fourth-order valence-electron chi connectivity index (χ4n) is 4.80. The van der Waals surface area contributed by atoms with Gasteiger partial charge in [0.1, 0.15) is 6.04 Å². The first-order valence-corrected chi connectivity index (χ1v) is 9.75. The van der Waals surface area contributed by atoms with Crippen LogP contribution in [0.25, 0.3) is 0 Å². The van der Waals surface area contributed by atoms with Crippen LogP contribution in [0.2, 0.25) is 0 Å². The molecular formula is C18H29N3O5. The minimum absolute atomic E-state index is 0.0235. The van der Waals surface area contributed by atoms with E-state index in [1.807, 2.05) is 0 Å². The molecule has 4 atom stereocenters. The van der Waals surface area contributed by atoms with Gasteiger partial charge in [-0.2, -0.15) is 0 Å². The van der Waals surface area contributed by atoms with E-state index < -0.39 is 18.4 Å². The van der Waals surface area contributed by atoms with E-state index in [-0.39, 0.29) is 30.0 Å². The molecule has 0 aromatic heterocycles. The number of β-amino-alcohol motifs (C(OH)–C–C–N with tert-alkyl or cyclic N) is 1. The van der Waals surface area contributed by atoms with E-state index in [2.05, 4.69) is 4.90 Å². The van der Waals surface area contributed by atoms with Crippen molar-refractivity contribution in [2.75, 3.05) is 32.8 Å². The van der Waals surface area contributed by atoms with E-state index in [0.717, 1.165) is 43.8 Å². The van der Waals surface area contributed by atoms with Crippen LogP contribution in [0.5, 0.6) is 0 Å². The fourth-order valence-corrected chi connectivity index (χ4v) is 4.80. The van der Waals surface area contributed by atoms with Crippen LogP contribution in [0.3, 0.4) is 0 Å². The molecule has 1 saturated carbocycles. The average molecular weight is 367 g/mol. The molecule has 4 fully saturated rings. The van der Waals surface area contributed by atoms with Crippen LogP contribution >= 0.6 is 0 Å². The summed E-state index contributed by atoms with van der Waals surface area (Å²) < 4.78 is 5.71. The summed E-state index contributed by atoms with van der Waals surface area (Å²) in [5.74, 6) is -0.157. The number of piperidine rings is 1. The Kier molecular flexibility index (Phi) is 4.61. The number of carbonyl (C=O) groups excluding carboxylic acids is 1. The zero-order valence-corrected chi connectivity index (χ0v) is 15.3. The third-order valence-electron chi connectivity index (χ3n) is 6.83. The van der Waals surface area contributed by atoms with Gasteiger partial charge in [-0.1, -0.05) is 0 Å². The highest BCUT2D eigenvalue weighted by atomic mass is 16.5. The van der Waals surface area contributed by atoms with Crippen molar-refractivity contribution in [1.82, 2.24) is 14.7 Å². The Bertz CT molecular complexity index is 581. The molecule has 3 saturated heterocycles. The Labute approximate surface area is 153 Å². The molecule has 0 aromatic rings. The molecule has 4 rings (SSSR count). The van der Waals surface area contributed by atoms with Crippen molar-refractivity contribution in [2.24, 2.45) is 5.41 Å². The molecule has 3 aliphatic heterocycles. The molecule has 1 spiro atoms.